The maximum atomic E-state index is 5.93. The van der Waals surface area contributed by atoms with Crippen molar-refractivity contribution in [2.24, 2.45) is 7.05 Å². The van der Waals surface area contributed by atoms with E-state index < -0.39 is 0 Å². The molecule has 96 valence electrons. The first-order chi connectivity index (χ1) is 8.49. The maximum Gasteiger partial charge on any atom is 0.174 e. The third-order valence-corrected chi connectivity index (χ3v) is 3.30. The fraction of sp³-hybridized carbons (Fsp3) is 0.364. The predicted molar refractivity (Wildman–Crippen MR) is 72.1 cm³/mol. The van der Waals surface area contributed by atoms with Gasteiger partial charge in [-0.3, -0.25) is 4.68 Å². The first-order valence-electron chi connectivity index (χ1n) is 5.40. The SMILES string of the molecule is Cc1nn(C)c(C)c1CNc1cc(Cl)nnc1Cl. The lowest BCUT2D eigenvalue weighted by Crippen LogP contribution is -2.04. The number of hydrogen-bond donors (Lipinski definition) is 1. The summed E-state index contributed by atoms with van der Waals surface area (Å²) in [5, 5.41) is 15.6. The Morgan fingerprint density at radius 1 is 1.28 bits per heavy atom. The molecule has 0 amide bonds. The van der Waals surface area contributed by atoms with Gasteiger partial charge in [-0.15, -0.1) is 10.2 Å². The van der Waals surface area contributed by atoms with Crippen molar-refractivity contribution in [3.05, 3.63) is 33.3 Å². The van der Waals surface area contributed by atoms with Crippen molar-refractivity contribution < 1.29 is 0 Å². The van der Waals surface area contributed by atoms with Gasteiger partial charge in [0, 0.05) is 30.9 Å². The normalized spacial score (nSPS) is 10.7. The molecule has 0 saturated carbocycles. The fourth-order valence-electron chi connectivity index (χ4n) is 1.73. The maximum absolute atomic E-state index is 5.93. The fourth-order valence-corrected chi connectivity index (χ4v) is 2.04. The molecular formula is C11H13Cl2N5. The van der Waals surface area contributed by atoms with Crippen molar-refractivity contribution in [3.8, 4) is 0 Å². The lowest BCUT2D eigenvalue weighted by molar-refractivity contribution is 0.730. The van der Waals surface area contributed by atoms with Crippen LogP contribution in [0.2, 0.25) is 10.3 Å². The summed E-state index contributed by atoms with van der Waals surface area (Å²) in [4.78, 5) is 0. The second kappa shape index (κ2) is 5.12. The predicted octanol–water partition coefficient (Wildman–Crippen LogP) is 2.75. The number of nitrogens with one attached hydrogen (secondary N) is 1. The molecule has 7 heteroatoms. The number of aryl methyl sites for hydroxylation is 2. The van der Waals surface area contributed by atoms with Gasteiger partial charge >= 0.3 is 0 Å². The number of anilines is 1. The number of rotatable bonds is 3. The highest BCUT2D eigenvalue weighted by molar-refractivity contribution is 6.33. The average Bonchev–Trinajstić information content (AvgIpc) is 2.55. The van der Waals surface area contributed by atoms with Crippen LogP contribution in [0.5, 0.6) is 0 Å². The number of halogens is 2. The molecule has 2 rings (SSSR count). The van der Waals surface area contributed by atoms with Gasteiger partial charge in [-0.1, -0.05) is 23.2 Å². The van der Waals surface area contributed by atoms with Crippen LogP contribution < -0.4 is 5.32 Å². The summed E-state index contributed by atoms with van der Waals surface area (Å²) in [5.41, 5.74) is 3.91. The third kappa shape index (κ3) is 2.57. The van der Waals surface area contributed by atoms with Crippen LogP contribution in [0.25, 0.3) is 0 Å². The molecule has 0 aliphatic rings. The van der Waals surface area contributed by atoms with Crippen LogP contribution >= 0.6 is 23.2 Å². The Labute approximate surface area is 115 Å². The van der Waals surface area contributed by atoms with Crippen molar-refractivity contribution in [1.82, 2.24) is 20.0 Å². The Kier molecular flexibility index (Phi) is 3.73. The van der Waals surface area contributed by atoms with E-state index in [-0.39, 0.29) is 0 Å². The highest BCUT2D eigenvalue weighted by atomic mass is 35.5. The molecule has 0 unspecified atom stereocenters. The summed E-state index contributed by atoms with van der Waals surface area (Å²) in [5.74, 6) is 0. The van der Waals surface area contributed by atoms with E-state index in [0.717, 1.165) is 17.0 Å². The van der Waals surface area contributed by atoms with E-state index in [1.807, 2.05) is 25.6 Å². The van der Waals surface area contributed by atoms with Gasteiger partial charge in [0.05, 0.1) is 11.4 Å². The zero-order valence-electron chi connectivity index (χ0n) is 10.3. The molecule has 0 bridgehead atoms. The van der Waals surface area contributed by atoms with Crippen molar-refractivity contribution in [2.75, 3.05) is 5.32 Å². The molecule has 0 aromatic carbocycles. The minimum absolute atomic E-state index is 0.304. The molecule has 0 fully saturated rings. The lowest BCUT2D eigenvalue weighted by Gasteiger charge is -2.08. The van der Waals surface area contributed by atoms with Crippen LogP contribution in [-0.2, 0) is 13.6 Å². The first kappa shape index (κ1) is 13.1. The van der Waals surface area contributed by atoms with Crippen molar-refractivity contribution in [1.29, 1.82) is 0 Å². The van der Waals surface area contributed by atoms with E-state index in [9.17, 15) is 0 Å². The van der Waals surface area contributed by atoms with Gasteiger partial charge in [0.2, 0.25) is 0 Å². The van der Waals surface area contributed by atoms with Crippen molar-refractivity contribution >= 4 is 28.9 Å². The summed E-state index contributed by atoms with van der Waals surface area (Å²) in [6, 6.07) is 1.65. The van der Waals surface area contributed by atoms with Crippen LogP contribution in [0, 0.1) is 13.8 Å². The Morgan fingerprint density at radius 3 is 2.61 bits per heavy atom. The molecule has 5 nitrogen and oxygen atoms in total. The van der Waals surface area contributed by atoms with Crippen LogP contribution in [-0.4, -0.2) is 20.0 Å². The van der Waals surface area contributed by atoms with Crippen LogP contribution in [0.3, 0.4) is 0 Å². The summed E-state index contributed by atoms with van der Waals surface area (Å²) in [7, 11) is 1.92. The molecule has 1 N–H and O–H groups in total. The highest BCUT2D eigenvalue weighted by Crippen LogP contribution is 2.22. The van der Waals surface area contributed by atoms with E-state index in [4.69, 9.17) is 23.2 Å². The molecule has 0 spiro atoms. The highest BCUT2D eigenvalue weighted by Gasteiger charge is 2.10. The van der Waals surface area contributed by atoms with Crippen LogP contribution in [0.15, 0.2) is 6.07 Å². The van der Waals surface area contributed by atoms with Crippen molar-refractivity contribution in [2.45, 2.75) is 20.4 Å². The topological polar surface area (TPSA) is 55.6 Å². The monoisotopic (exact) mass is 285 g/mol. The molecule has 2 heterocycles. The second-order valence-electron chi connectivity index (χ2n) is 4.00. The molecular weight excluding hydrogens is 273 g/mol. The molecule has 2 aromatic heterocycles. The van der Waals surface area contributed by atoms with Gasteiger partial charge in [0.1, 0.15) is 0 Å². The number of hydrogen-bond acceptors (Lipinski definition) is 4. The van der Waals surface area contributed by atoms with Crippen molar-refractivity contribution in [3.63, 3.8) is 0 Å². The van der Waals surface area contributed by atoms with E-state index in [2.05, 4.69) is 20.6 Å². The van der Waals surface area contributed by atoms with E-state index in [1.54, 1.807) is 6.07 Å². The van der Waals surface area contributed by atoms with Gasteiger partial charge in [0.25, 0.3) is 0 Å². The minimum Gasteiger partial charge on any atom is -0.378 e. The molecule has 0 aliphatic carbocycles. The minimum atomic E-state index is 0.304. The summed E-state index contributed by atoms with van der Waals surface area (Å²) in [6.07, 6.45) is 0. The van der Waals surface area contributed by atoms with Gasteiger partial charge in [-0.05, 0) is 13.8 Å². The summed E-state index contributed by atoms with van der Waals surface area (Å²) in [6.45, 7) is 4.62. The van der Waals surface area contributed by atoms with Gasteiger partial charge in [0.15, 0.2) is 10.3 Å². The van der Waals surface area contributed by atoms with Gasteiger partial charge in [-0.2, -0.15) is 5.10 Å². The molecule has 0 radical (unpaired) electrons. The summed E-state index contributed by atoms with van der Waals surface area (Å²) >= 11 is 11.7. The molecule has 2 aromatic rings. The quantitative estimate of drug-likeness (QED) is 0.942. The largest absolute Gasteiger partial charge is 0.378 e. The van der Waals surface area contributed by atoms with E-state index >= 15 is 0 Å². The van der Waals surface area contributed by atoms with Crippen LogP contribution in [0.1, 0.15) is 17.0 Å². The zero-order valence-corrected chi connectivity index (χ0v) is 11.8. The van der Waals surface area contributed by atoms with Gasteiger partial charge in [-0.25, -0.2) is 0 Å². The standard InChI is InChI=1S/C11H13Cl2N5/c1-6-8(7(2)18(3)17-6)5-14-9-4-10(12)15-16-11(9)13/h4H,5H2,1-3H3,(H,14,15). The Morgan fingerprint density at radius 2 is 2.00 bits per heavy atom. The number of nitrogens with zero attached hydrogens (tertiary/aromatic N) is 4. The smallest absolute Gasteiger partial charge is 0.174 e. The third-order valence-electron chi connectivity index (χ3n) is 2.83. The first-order valence-corrected chi connectivity index (χ1v) is 6.16. The lowest BCUT2D eigenvalue weighted by atomic mass is 10.2. The average molecular weight is 286 g/mol. The Hall–Kier alpha value is -1.33. The Bertz CT molecular complexity index is 579. The van der Waals surface area contributed by atoms with Gasteiger partial charge < -0.3 is 5.32 Å². The second-order valence-corrected chi connectivity index (χ2v) is 4.74. The molecule has 0 saturated heterocycles. The summed E-state index contributed by atoms with van der Waals surface area (Å²) < 4.78 is 1.85. The van der Waals surface area contributed by atoms with E-state index in [0.29, 0.717) is 22.5 Å². The molecule has 18 heavy (non-hydrogen) atoms. The molecule has 0 aliphatic heterocycles. The Balaban J connectivity index is 2.19. The van der Waals surface area contributed by atoms with E-state index in [1.165, 1.54) is 0 Å². The zero-order chi connectivity index (χ0) is 13.3. The van der Waals surface area contributed by atoms with Crippen LogP contribution in [0.4, 0.5) is 5.69 Å². The number of aromatic nitrogens is 4. The molecule has 0 atom stereocenters.